The van der Waals surface area contributed by atoms with Gasteiger partial charge in [0.2, 0.25) is 0 Å². The molecule has 0 saturated heterocycles. The van der Waals surface area contributed by atoms with Gasteiger partial charge in [0.25, 0.3) is 6.29 Å². The van der Waals surface area contributed by atoms with Gasteiger partial charge in [-0.3, -0.25) is 0 Å². The fourth-order valence-electron chi connectivity index (χ4n) is 2.60. The molecule has 26 heavy (non-hydrogen) atoms. The predicted molar refractivity (Wildman–Crippen MR) is 98.9 cm³/mol. The molecule has 1 N–H and O–H groups in total. The van der Waals surface area contributed by atoms with Gasteiger partial charge in [0.15, 0.2) is 5.03 Å². The van der Waals surface area contributed by atoms with Crippen LogP contribution < -0.4 is 5.32 Å². The van der Waals surface area contributed by atoms with E-state index in [1.54, 1.807) is 25.1 Å². The van der Waals surface area contributed by atoms with Crippen molar-refractivity contribution in [2.45, 2.75) is 27.1 Å². The molecule has 1 aliphatic rings. The minimum Gasteiger partial charge on any atom is -0.415 e. The number of cyclic esters (lactones) is 1. The third kappa shape index (κ3) is 3.58. The number of hydrogen-bond donors (Lipinski definition) is 1. The molecule has 0 spiro atoms. The number of benzene rings is 2. The number of esters is 2. The molecule has 0 aliphatic carbocycles. The third-order valence-corrected chi connectivity index (χ3v) is 4.46. The van der Waals surface area contributed by atoms with Crippen molar-refractivity contribution in [3.8, 4) is 0 Å². The molecule has 3 rings (SSSR count). The van der Waals surface area contributed by atoms with Crippen molar-refractivity contribution < 1.29 is 19.1 Å². The summed E-state index contributed by atoms with van der Waals surface area (Å²) in [7, 11) is 0. The Labute approximate surface area is 156 Å². The van der Waals surface area contributed by atoms with E-state index in [1.165, 1.54) is 0 Å². The highest BCUT2D eigenvalue weighted by Crippen LogP contribution is 2.30. The summed E-state index contributed by atoms with van der Waals surface area (Å²) in [5.41, 5.74) is 4.13. The van der Waals surface area contributed by atoms with E-state index >= 15 is 0 Å². The summed E-state index contributed by atoms with van der Waals surface area (Å²) < 4.78 is 10.5. The summed E-state index contributed by atoms with van der Waals surface area (Å²) in [5, 5.41) is 2.95. The van der Waals surface area contributed by atoms with Crippen molar-refractivity contribution in [3.05, 3.63) is 75.4 Å². The topological polar surface area (TPSA) is 64.6 Å². The van der Waals surface area contributed by atoms with Gasteiger partial charge in [-0.25, -0.2) is 9.59 Å². The first kappa shape index (κ1) is 18.0. The summed E-state index contributed by atoms with van der Waals surface area (Å²) in [5.74, 6) is -1.32. The summed E-state index contributed by atoms with van der Waals surface area (Å²) >= 11 is 6.08. The summed E-state index contributed by atoms with van der Waals surface area (Å²) in [4.78, 5) is 24.3. The Kier molecular flexibility index (Phi) is 5.00. The second kappa shape index (κ2) is 7.22. The van der Waals surface area contributed by atoms with Gasteiger partial charge in [0, 0.05) is 5.69 Å². The van der Waals surface area contributed by atoms with Crippen LogP contribution in [0.1, 0.15) is 27.0 Å². The van der Waals surface area contributed by atoms with Gasteiger partial charge in [-0.2, -0.15) is 0 Å². The minimum absolute atomic E-state index is 0.131. The van der Waals surface area contributed by atoms with Crippen LogP contribution in [-0.4, -0.2) is 18.2 Å². The lowest BCUT2D eigenvalue weighted by atomic mass is 10.1. The van der Waals surface area contributed by atoms with Crippen LogP contribution in [0.25, 0.3) is 0 Å². The van der Waals surface area contributed by atoms with Crippen LogP contribution in [-0.2, 0) is 14.3 Å². The lowest BCUT2D eigenvalue weighted by molar-refractivity contribution is -0.152. The van der Waals surface area contributed by atoms with E-state index in [4.69, 9.17) is 21.1 Å². The quantitative estimate of drug-likeness (QED) is 0.815. The van der Waals surface area contributed by atoms with Gasteiger partial charge in [0.1, 0.15) is 5.70 Å². The molecule has 0 saturated carbocycles. The van der Waals surface area contributed by atoms with Crippen LogP contribution in [0.3, 0.4) is 0 Å². The molecule has 0 aromatic heterocycles. The van der Waals surface area contributed by atoms with Gasteiger partial charge in [-0.05, 0) is 49.6 Å². The minimum atomic E-state index is -1.22. The van der Waals surface area contributed by atoms with E-state index in [0.717, 1.165) is 22.4 Å². The van der Waals surface area contributed by atoms with Gasteiger partial charge in [-0.1, -0.05) is 41.9 Å². The standard InChI is InChI=1S/C20H18ClNO4/c1-11-8-9-13(3)15(10-11)22-17-16(21)19(24)26-20(17)25-18(23)14-7-5-4-6-12(14)2/h4-10,20,22H,1-3H3/t20-/m0/s1. The Bertz CT molecular complexity index is 920. The Morgan fingerprint density at radius 2 is 1.85 bits per heavy atom. The van der Waals surface area contributed by atoms with Gasteiger partial charge < -0.3 is 14.8 Å². The second-order valence-corrected chi connectivity index (χ2v) is 6.51. The van der Waals surface area contributed by atoms with Crippen molar-refractivity contribution in [1.29, 1.82) is 0 Å². The number of carbonyl (C=O) groups excluding carboxylic acids is 2. The number of carbonyl (C=O) groups is 2. The largest absolute Gasteiger partial charge is 0.415 e. The summed E-state index contributed by atoms with van der Waals surface area (Å²) in [6.07, 6.45) is -1.22. The molecule has 6 heteroatoms. The fraction of sp³-hybridized carbons (Fsp3) is 0.200. The van der Waals surface area contributed by atoms with Crippen LogP contribution in [0.15, 0.2) is 53.2 Å². The van der Waals surface area contributed by atoms with E-state index in [-0.39, 0.29) is 10.7 Å². The van der Waals surface area contributed by atoms with Crippen molar-refractivity contribution >= 4 is 29.2 Å². The van der Waals surface area contributed by atoms with Crippen molar-refractivity contribution in [2.24, 2.45) is 0 Å². The van der Waals surface area contributed by atoms with Crippen molar-refractivity contribution in [2.75, 3.05) is 5.32 Å². The van der Waals surface area contributed by atoms with Crippen LogP contribution in [0.5, 0.6) is 0 Å². The highest BCUT2D eigenvalue weighted by molar-refractivity contribution is 6.42. The molecule has 2 aromatic carbocycles. The van der Waals surface area contributed by atoms with Crippen LogP contribution >= 0.6 is 11.6 Å². The number of nitrogens with one attached hydrogen (secondary N) is 1. The zero-order valence-corrected chi connectivity index (χ0v) is 15.4. The van der Waals surface area contributed by atoms with E-state index in [2.05, 4.69) is 5.32 Å². The number of anilines is 1. The Hall–Kier alpha value is -2.79. The zero-order valence-electron chi connectivity index (χ0n) is 14.6. The van der Waals surface area contributed by atoms with Crippen LogP contribution in [0.2, 0.25) is 0 Å². The SMILES string of the molecule is Cc1ccc(C)c(NC2=C(Cl)C(=O)O[C@@H]2OC(=O)c2ccccc2C)c1. The first-order chi connectivity index (χ1) is 12.4. The summed E-state index contributed by atoms with van der Waals surface area (Å²) in [6.45, 7) is 5.67. The van der Waals surface area contributed by atoms with Gasteiger partial charge in [-0.15, -0.1) is 0 Å². The second-order valence-electron chi connectivity index (χ2n) is 6.13. The summed E-state index contributed by atoms with van der Waals surface area (Å²) in [6, 6.07) is 12.8. The maximum Gasteiger partial charge on any atom is 0.355 e. The van der Waals surface area contributed by atoms with E-state index in [0.29, 0.717) is 5.56 Å². The molecule has 2 aromatic rings. The number of halogens is 1. The first-order valence-electron chi connectivity index (χ1n) is 8.08. The molecule has 5 nitrogen and oxygen atoms in total. The lowest BCUT2D eigenvalue weighted by Gasteiger charge is -2.18. The van der Waals surface area contributed by atoms with E-state index in [1.807, 2.05) is 38.1 Å². The van der Waals surface area contributed by atoms with Gasteiger partial charge in [0.05, 0.1) is 5.56 Å². The molecule has 0 amide bonds. The van der Waals surface area contributed by atoms with Gasteiger partial charge >= 0.3 is 11.9 Å². The van der Waals surface area contributed by atoms with E-state index in [9.17, 15) is 9.59 Å². The Morgan fingerprint density at radius 3 is 2.58 bits per heavy atom. The molecule has 134 valence electrons. The number of rotatable bonds is 4. The molecule has 0 fully saturated rings. The number of aryl methyl sites for hydroxylation is 3. The van der Waals surface area contributed by atoms with Crippen molar-refractivity contribution in [1.82, 2.24) is 0 Å². The maximum atomic E-state index is 12.4. The van der Waals surface area contributed by atoms with Crippen molar-refractivity contribution in [3.63, 3.8) is 0 Å². The average molecular weight is 372 g/mol. The van der Waals surface area contributed by atoms with Crippen LogP contribution in [0.4, 0.5) is 5.69 Å². The highest BCUT2D eigenvalue weighted by atomic mass is 35.5. The normalized spacial score (nSPS) is 16.5. The molecule has 0 unspecified atom stereocenters. The molecule has 0 radical (unpaired) electrons. The smallest absolute Gasteiger partial charge is 0.355 e. The van der Waals surface area contributed by atoms with E-state index < -0.39 is 18.2 Å². The fourth-order valence-corrected chi connectivity index (χ4v) is 2.78. The molecular weight excluding hydrogens is 354 g/mol. The number of hydrogen-bond acceptors (Lipinski definition) is 5. The molecular formula is C20H18ClNO4. The highest BCUT2D eigenvalue weighted by Gasteiger charge is 2.37. The lowest BCUT2D eigenvalue weighted by Crippen LogP contribution is -2.24. The molecule has 1 atom stereocenters. The molecule has 1 aliphatic heterocycles. The molecule has 1 heterocycles. The third-order valence-electron chi connectivity index (χ3n) is 4.11. The zero-order chi connectivity index (χ0) is 18.8. The monoisotopic (exact) mass is 371 g/mol. The Balaban J connectivity index is 1.85. The predicted octanol–water partition coefficient (Wildman–Crippen LogP) is 4.21. The Morgan fingerprint density at radius 1 is 1.12 bits per heavy atom. The number of ether oxygens (including phenoxy) is 2. The average Bonchev–Trinajstić information content (AvgIpc) is 2.86. The van der Waals surface area contributed by atoms with Crippen LogP contribution in [0, 0.1) is 20.8 Å². The first-order valence-corrected chi connectivity index (χ1v) is 8.46. The maximum absolute atomic E-state index is 12.4. The molecule has 0 bridgehead atoms.